The molecule has 2 fully saturated rings. The molecule has 0 bridgehead atoms. The van der Waals surface area contributed by atoms with Crippen molar-refractivity contribution in [2.75, 3.05) is 20.1 Å². The first-order valence-electron chi connectivity index (χ1n) is 18.9. The summed E-state index contributed by atoms with van der Waals surface area (Å²) >= 11 is 0. The number of nitrogens with zero attached hydrogens (tertiary/aromatic N) is 3. The van der Waals surface area contributed by atoms with E-state index in [4.69, 9.17) is 14.2 Å². The molecule has 3 amide bonds. The van der Waals surface area contributed by atoms with Gasteiger partial charge in [0.2, 0.25) is 5.91 Å². The quantitative estimate of drug-likeness (QED) is 0.122. The summed E-state index contributed by atoms with van der Waals surface area (Å²) in [6.07, 6.45) is 1.60. The van der Waals surface area contributed by atoms with Gasteiger partial charge in [-0.3, -0.25) is 19.5 Å². The maximum Gasteiger partial charge on any atom is 0.408 e. The smallest absolute Gasteiger partial charge is 0.408 e. The summed E-state index contributed by atoms with van der Waals surface area (Å²) in [6, 6.07) is 37.9. The third-order valence-electron chi connectivity index (χ3n) is 10.1. The molecule has 2 aliphatic rings. The first-order chi connectivity index (χ1) is 27.3. The number of benzene rings is 4. The van der Waals surface area contributed by atoms with Gasteiger partial charge >= 0.3 is 6.09 Å². The van der Waals surface area contributed by atoms with Crippen LogP contribution in [0.4, 0.5) is 4.79 Å². The minimum Gasteiger partial charge on any atom is -0.445 e. The lowest BCUT2D eigenvalue weighted by Gasteiger charge is -2.38. The van der Waals surface area contributed by atoms with Crippen LogP contribution in [0, 0.1) is 0 Å². The van der Waals surface area contributed by atoms with Crippen molar-refractivity contribution in [2.24, 2.45) is 0 Å². The zero-order valence-electron chi connectivity index (χ0n) is 31.3. The number of nitrogens with one attached hydrogen (secondary N) is 1. The molecule has 11 nitrogen and oxygen atoms in total. The Hall–Kier alpha value is -5.72. The first kappa shape index (κ1) is 38.6. The Morgan fingerprint density at radius 2 is 1.61 bits per heavy atom. The second-order valence-corrected chi connectivity index (χ2v) is 14.3. The molecule has 1 unspecified atom stereocenters. The van der Waals surface area contributed by atoms with Crippen LogP contribution in [-0.4, -0.2) is 70.1 Å². The van der Waals surface area contributed by atoms with Gasteiger partial charge in [0.05, 0.1) is 31.8 Å². The molecule has 288 valence electrons. The minimum atomic E-state index is -0.975. The van der Waals surface area contributed by atoms with Crippen molar-refractivity contribution in [3.8, 4) is 11.1 Å². The second-order valence-electron chi connectivity index (χ2n) is 14.3. The standard InChI is InChI=1S/C45H46N4O7/c1-48(23-21-38-12-5-6-22-46-38)28-39-25-41(35-15-13-31(29-50)14-16-35)56-44(55-39)36-19-17-34(18-20-36)37-11-7-10-33(24-37)27-49-42(51)26-40(43(49)52)47-45(53)54-30-32-8-3-2-4-9-32/h2-20,22,24,39-41,44,50H,21,23,25-30H2,1H3,(H,47,53)/t39-,40?,41+,44+/m0/s1. The zero-order chi connectivity index (χ0) is 38.9. The highest BCUT2D eigenvalue weighted by molar-refractivity contribution is 6.06. The van der Waals surface area contributed by atoms with Crippen LogP contribution >= 0.6 is 0 Å². The monoisotopic (exact) mass is 754 g/mol. The number of aromatic nitrogens is 1. The van der Waals surface area contributed by atoms with Crippen LogP contribution in [0.25, 0.3) is 11.1 Å². The number of amides is 3. The number of imide groups is 1. The summed E-state index contributed by atoms with van der Waals surface area (Å²) in [5.74, 6) is -0.819. The molecule has 2 N–H and O–H groups in total. The lowest BCUT2D eigenvalue weighted by molar-refractivity contribution is -0.252. The number of carbonyl (C=O) groups is 3. The second kappa shape index (κ2) is 18.3. The lowest BCUT2D eigenvalue weighted by atomic mass is 9.99. The van der Waals surface area contributed by atoms with Crippen molar-refractivity contribution >= 4 is 17.9 Å². The Morgan fingerprint density at radius 1 is 0.857 bits per heavy atom. The van der Waals surface area contributed by atoms with Crippen LogP contribution in [0.2, 0.25) is 0 Å². The summed E-state index contributed by atoms with van der Waals surface area (Å²) in [5.41, 5.74) is 7.29. The van der Waals surface area contributed by atoms with Crippen molar-refractivity contribution in [1.29, 1.82) is 0 Å². The van der Waals surface area contributed by atoms with Crippen LogP contribution in [0.5, 0.6) is 0 Å². The van der Waals surface area contributed by atoms with E-state index < -0.39 is 24.3 Å². The van der Waals surface area contributed by atoms with E-state index in [-0.39, 0.29) is 44.3 Å². The Balaban J connectivity index is 0.991. The molecule has 3 heterocycles. The highest BCUT2D eigenvalue weighted by Gasteiger charge is 2.40. The number of rotatable bonds is 14. The number of carbonyl (C=O) groups excluding carboxylic acids is 3. The summed E-state index contributed by atoms with van der Waals surface area (Å²) in [7, 11) is 2.10. The molecule has 0 spiro atoms. The van der Waals surface area contributed by atoms with Gasteiger partial charge in [-0.15, -0.1) is 0 Å². The van der Waals surface area contributed by atoms with E-state index in [1.165, 1.54) is 4.90 Å². The molecule has 4 aromatic carbocycles. The van der Waals surface area contributed by atoms with Crippen molar-refractivity contribution in [1.82, 2.24) is 20.1 Å². The van der Waals surface area contributed by atoms with Gasteiger partial charge in [0.25, 0.3) is 5.91 Å². The highest BCUT2D eigenvalue weighted by atomic mass is 16.7. The maximum absolute atomic E-state index is 13.2. The lowest BCUT2D eigenvalue weighted by Crippen LogP contribution is -2.41. The number of likely N-dealkylation sites (tertiary alicyclic amines) is 1. The van der Waals surface area contributed by atoms with Crippen LogP contribution < -0.4 is 5.32 Å². The Labute approximate surface area is 326 Å². The number of likely N-dealkylation sites (N-methyl/N-ethyl adjacent to an activating group) is 1. The normalized spacial score (nSPS) is 19.7. The molecule has 0 saturated carbocycles. The Kier molecular flexibility index (Phi) is 12.6. The van der Waals surface area contributed by atoms with Gasteiger partial charge in [0, 0.05) is 43.4 Å². The summed E-state index contributed by atoms with van der Waals surface area (Å²) in [5, 5.41) is 12.1. The fourth-order valence-corrected chi connectivity index (χ4v) is 7.06. The molecule has 5 aromatic rings. The topological polar surface area (TPSA) is 131 Å². The average molecular weight is 755 g/mol. The molecule has 1 aromatic heterocycles. The molecule has 56 heavy (non-hydrogen) atoms. The molecule has 2 saturated heterocycles. The molecule has 0 radical (unpaired) electrons. The largest absolute Gasteiger partial charge is 0.445 e. The minimum absolute atomic E-state index is 0.0170. The van der Waals surface area contributed by atoms with Crippen LogP contribution in [-0.2, 0) is 50.0 Å². The van der Waals surface area contributed by atoms with E-state index in [1.807, 2.05) is 128 Å². The van der Waals surface area contributed by atoms with Gasteiger partial charge in [0.1, 0.15) is 12.6 Å². The molecule has 0 aliphatic carbocycles. The van der Waals surface area contributed by atoms with Crippen molar-refractivity contribution in [3.63, 3.8) is 0 Å². The van der Waals surface area contributed by atoms with Crippen molar-refractivity contribution in [3.05, 3.63) is 161 Å². The molecule has 7 rings (SSSR count). The average Bonchev–Trinajstić information content (AvgIpc) is 3.49. The fraction of sp³-hybridized carbons (Fsp3) is 0.289. The number of hydrogen-bond donors (Lipinski definition) is 2. The van der Waals surface area contributed by atoms with Gasteiger partial charge in [-0.25, -0.2) is 4.79 Å². The van der Waals surface area contributed by atoms with Crippen LogP contribution in [0.3, 0.4) is 0 Å². The maximum atomic E-state index is 13.2. The molecule has 4 atom stereocenters. The van der Waals surface area contributed by atoms with Gasteiger partial charge < -0.3 is 29.5 Å². The summed E-state index contributed by atoms with van der Waals surface area (Å²) in [6.45, 7) is 1.69. The van der Waals surface area contributed by atoms with Gasteiger partial charge in [-0.1, -0.05) is 103 Å². The van der Waals surface area contributed by atoms with E-state index in [2.05, 4.69) is 22.2 Å². The molecular weight excluding hydrogens is 709 g/mol. The van der Waals surface area contributed by atoms with Crippen LogP contribution in [0.15, 0.2) is 128 Å². The predicted octanol–water partition coefficient (Wildman–Crippen LogP) is 6.51. The van der Waals surface area contributed by atoms with Crippen LogP contribution in [0.1, 0.15) is 58.7 Å². The van der Waals surface area contributed by atoms with Gasteiger partial charge in [0.15, 0.2) is 6.29 Å². The van der Waals surface area contributed by atoms with E-state index in [9.17, 15) is 19.5 Å². The molecule has 11 heteroatoms. The molecular formula is C45H46N4O7. The Bertz CT molecular complexity index is 2080. The third kappa shape index (κ3) is 9.92. The summed E-state index contributed by atoms with van der Waals surface area (Å²) < 4.78 is 18.4. The fourth-order valence-electron chi connectivity index (χ4n) is 7.06. The van der Waals surface area contributed by atoms with E-state index in [0.29, 0.717) is 6.42 Å². The number of aliphatic hydroxyl groups excluding tert-OH is 1. The van der Waals surface area contributed by atoms with Crippen molar-refractivity contribution in [2.45, 2.75) is 63.6 Å². The van der Waals surface area contributed by atoms with E-state index in [0.717, 1.165) is 64.1 Å². The molecule has 2 aliphatic heterocycles. The van der Waals surface area contributed by atoms with Crippen molar-refractivity contribution < 1.29 is 33.7 Å². The number of ether oxygens (including phenoxy) is 3. The van der Waals surface area contributed by atoms with Gasteiger partial charge in [-0.05, 0) is 58.6 Å². The predicted molar refractivity (Wildman–Crippen MR) is 209 cm³/mol. The van der Waals surface area contributed by atoms with E-state index >= 15 is 0 Å². The Morgan fingerprint density at radius 3 is 2.36 bits per heavy atom. The highest BCUT2D eigenvalue weighted by Crippen LogP contribution is 2.38. The first-order valence-corrected chi connectivity index (χ1v) is 18.9. The number of hydrogen-bond acceptors (Lipinski definition) is 9. The summed E-state index contributed by atoms with van der Waals surface area (Å²) in [4.78, 5) is 46.4. The van der Waals surface area contributed by atoms with Gasteiger partial charge in [-0.2, -0.15) is 0 Å². The zero-order valence-corrected chi connectivity index (χ0v) is 31.3. The van der Waals surface area contributed by atoms with E-state index in [1.54, 1.807) is 0 Å². The SMILES string of the molecule is CN(CCc1ccccn1)C[C@@H]1C[C@H](c2ccc(CO)cc2)O[C@H](c2ccc(-c3cccc(CN4C(=O)CC(NC(=O)OCc5ccccc5)C4=O)c3)cc2)O1. The number of alkyl carbamates (subject to hydrolysis) is 1. The number of aliphatic hydroxyl groups is 1. The third-order valence-corrected chi connectivity index (χ3v) is 10.1. The number of pyridine rings is 1.